The fourth-order valence-electron chi connectivity index (χ4n) is 2.37. The highest BCUT2D eigenvalue weighted by Gasteiger charge is 2.41. The molecule has 3 rings (SSSR count). The van der Waals surface area contributed by atoms with Gasteiger partial charge in [-0.15, -0.1) is 0 Å². The Morgan fingerprint density at radius 2 is 1.81 bits per heavy atom. The molecule has 26 heavy (non-hydrogen) atoms. The van der Waals surface area contributed by atoms with E-state index in [-0.39, 0.29) is 5.69 Å². The molecule has 7 nitrogen and oxygen atoms in total. The number of nitrogens with zero attached hydrogens (tertiary/aromatic N) is 3. The lowest BCUT2D eigenvalue weighted by Crippen LogP contribution is -2.58. The van der Waals surface area contributed by atoms with Crippen LogP contribution in [0.2, 0.25) is 0 Å². The molecule has 2 aromatic rings. The first-order valence-corrected chi connectivity index (χ1v) is 7.49. The van der Waals surface area contributed by atoms with Gasteiger partial charge in [-0.2, -0.15) is 5.26 Å². The molecule has 8 heteroatoms. The van der Waals surface area contributed by atoms with Crippen LogP contribution in [0.4, 0.5) is 20.6 Å². The van der Waals surface area contributed by atoms with Crippen molar-refractivity contribution in [1.29, 1.82) is 5.26 Å². The van der Waals surface area contributed by atoms with Crippen LogP contribution in [0.1, 0.15) is 5.56 Å². The summed E-state index contributed by atoms with van der Waals surface area (Å²) in [7, 11) is 0. The summed E-state index contributed by atoms with van der Waals surface area (Å²) in [5.41, 5.74) is 0.602. The van der Waals surface area contributed by atoms with E-state index in [1.165, 1.54) is 30.3 Å². The maximum atomic E-state index is 13.9. The van der Waals surface area contributed by atoms with Gasteiger partial charge >= 0.3 is 6.03 Å². The second kappa shape index (κ2) is 6.94. The van der Waals surface area contributed by atoms with E-state index in [4.69, 9.17) is 5.26 Å². The molecule has 1 atom stereocenters. The number of halogens is 1. The van der Waals surface area contributed by atoms with Gasteiger partial charge in [0.15, 0.2) is 5.92 Å². The maximum absolute atomic E-state index is 13.9. The van der Waals surface area contributed by atoms with Gasteiger partial charge in [0.2, 0.25) is 5.91 Å². The number of urea groups is 1. The predicted molar refractivity (Wildman–Crippen MR) is 90.2 cm³/mol. The highest BCUT2D eigenvalue weighted by atomic mass is 19.1. The summed E-state index contributed by atoms with van der Waals surface area (Å²) in [5, 5.41) is 10.8. The van der Waals surface area contributed by atoms with Gasteiger partial charge in [-0.05, 0) is 36.4 Å². The number of carbonyl (C=O) groups excluding carboxylic acids is 3. The molecule has 1 heterocycles. The molecule has 0 saturated carbocycles. The SMILES string of the molecule is N#Cc1ccc(N=C[C@@H]2C(=O)NC(=O)N(c3ccccc3F)C2=O)cc1. The summed E-state index contributed by atoms with van der Waals surface area (Å²) in [6.45, 7) is 0. The molecule has 0 aromatic heterocycles. The molecule has 1 fully saturated rings. The van der Waals surface area contributed by atoms with Crippen LogP contribution < -0.4 is 10.2 Å². The van der Waals surface area contributed by atoms with Crippen molar-refractivity contribution in [2.45, 2.75) is 0 Å². The largest absolute Gasteiger partial charge is 0.335 e. The van der Waals surface area contributed by atoms with E-state index in [0.29, 0.717) is 16.2 Å². The average molecular weight is 350 g/mol. The Hall–Kier alpha value is -3.86. The Kier molecular flexibility index (Phi) is 4.53. The fraction of sp³-hybridized carbons (Fsp3) is 0.0556. The summed E-state index contributed by atoms with van der Waals surface area (Å²) in [5.74, 6) is -3.90. The van der Waals surface area contributed by atoms with Crippen molar-refractivity contribution < 1.29 is 18.8 Å². The minimum absolute atomic E-state index is 0.251. The van der Waals surface area contributed by atoms with Crippen molar-refractivity contribution in [2.24, 2.45) is 10.9 Å². The molecule has 1 N–H and O–H groups in total. The van der Waals surface area contributed by atoms with Crippen molar-refractivity contribution in [3.05, 3.63) is 59.9 Å². The third-order valence-corrected chi connectivity index (χ3v) is 3.66. The summed E-state index contributed by atoms with van der Waals surface area (Å²) < 4.78 is 13.9. The number of hydrogen-bond acceptors (Lipinski definition) is 5. The molecule has 0 unspecified atom stereocenters. The number of aliphatic imine (C=N–C) groups is 1. The average Bonchev–Trinajstić information content (AvgIpc) is 2.63. The summed E-state index contributed by atoms with van der Waals surface area (Å²) in [4.78, 5) is 41.2. The number of imide groups is 2. The number of rotatable bonds is 3. The van der Waals surface area contributed by atoms with Crippen LogP contribution in [0.15, 0.2) is 53.5 Å². The maximum Gasteiger partial charge on any atom is 0.335 e. The Morgan fingerprint density at radius 3 is 2.46 bits per heavy atom. The normalized spacial score (nSPS) is 17.3. The summed E-state index contributed by atoms with van der Waals surface area (Å²) >= 11 is 0. The quantitative estimate of drug-likeness (QED) is 0.677. The zero-order valence-corrected chi connectivity index (χ0v) is 13.2. The molecular formula is C18H11FN4O3. The first-order chi connectivity index (χ1) is 12.5. The Bertz CT molecular complexity index is 963. The van der Waals surface area contributed by atoms with Crippen LogP contribution in [-0.4, -0.2) is 24.1 Å². The predicted octanol–water partition coefficient (Wildman–Crippen LogP) is 2.30. The van der Waals surface area contributed by atoms with E-state index in [1.54, 1.807) is 12.1 Å². The lowest BCUT2D eigenvalue weighted by Gasteiger charge is -2.28. The van der Waals surface area contributed by atoms with E-state index < -0.39 is 29.6 Å². The first kappa shape index (κ1) is 17.0. The lowest BCUT2D eigenvalue weighted by atomic mass is 10.1. The molecule has 0 bridgehead atoms. The molecule has 0 aliphatic carbocycles. The standard InChI is InChI=1S/C18H11FN4O3/c19-14-3-1-2-4-15(14)23-17(25)13(16(24)22-18(23)26)10-21-12-7-5-11(9-20)6-8-12/h1-8,10,13H,(H,22,24,26)/t13-/m1/s1. The number of para-hydroxylation sites is 1. The molecular weight excluding hydrogens is 339 g/mol. The van der Waals surface area contributed by atoms with Crippen molar-refractivity contribution in [3.8, 4) is 6.07 Å². The van der Waals surface area contributed by atoms with E-state index >= 15 is 0 Å². The van der Waals surface area contributed by atoms with E-state index in [1.807, 2.05) is 11.4 Å². The molecule has 128 valence electrons. The fourth-order valence-corrected chi connectivity index (χ4v) is 2.37. The van der Waals surface area contributed by atoms with Gasteiger partial charge in [0.05, 0.1) is 23.0 Å². The second-order valence-corrected chi connectivity index (χ2v) is 5.33. The Morgan fingerprint density at radius 1 is 1.12 bits per heavy atom. The number of carbonyl (C=O) groups is 3. The molecule has 1 aliphatic heterocycles. The third kappa shape index (κ3) is 3.18. The van der Waals surface area contributed by atoms with Crippen molar-refractivity contribution in [3.63, 3.8) is 0 Å². The van der Waals surface area contributed by atoms with Crippen LogP contribution in [0.5, 0.6) is 0 Å². The van der Waals surface area contributed by atoms with Gasteiger partial charge in [-0.1, -0.05) is 12.1 Å². The monoisotopic (exact) mass is 350 g/mol. The van der Waals surface area contributed by atoms with E-state index in [0.717, 1.165) is 12.3 Å². The molecule has 2 aromatic carbocycles. The highest BCUT2D eigenvalue weighted by molar-refractivity contribution is 6.32. The van der Waals surface area contributed by atoms with Crippen LogP contribution in [0, 0.1) is 23.1 Å². The van der Waals surface area contributed by atoms with Crippen LogP contribution >= 0.6 is 0 Å². The van der Waals surface area contributed by atoms with Crippen molar-refractivity contribution in [1.82, 2.24) is 5.32 Å². The van der Waals surface area contributed by atoms with Gasteiger partial charge in [0.25, 0.3) is 5.91 Å². The van der Waals surface area contributed by atoms with Gasteiger partial charge in [-0.3, -0.25) is 19.9 Å². The zero-order chi connectivity index (χ0) is 18.7. The smallest absolute Gasteiger partial charge is 0.276 e. The number of nitriles is 1. The van der Waals surface area contributed by atoms with Gasteiger partial charge < -0.3 is 0 Å². The van der Waals surface area contributed by atoms with Crippen molar-refractivity contribution in [2.75, 3.05) is 4.90 Å². The Balaban J connectivity index is 1.89. The van der Waals surface area contributed by atoms with E-state index in [2.05, 4.69) is 4.99 Å². The number of benzene rings is 2. The molecule has 0 spiro atoms. The number of anilines is 1. The molecule has 1 saturated heterocycles. The number of nitrogens with one attached hydrogen (secondary N) is 1. The number of hydrogen-bond donors (Lipinski definition) is 1. The second-order valence-electron chi connectivity index (χ2n) is 5.33. The molecule has 0 radical (unpaired) electrons. The molecule has 1 aliphatic rings. The van der Waals surface area contributed by atoms with Gasteiger partial charge in [-0.25, -0.2) is 14.1 Å². The van der Waals surface area contributed by atoms with E-state index in [9.17, 15) is 18.8 Å². The molecule has 4 amide bonds. The number of barbiturate groups is 1. The zero-order valence-electron chi connectivity index (χ0n) is 13.2. The lowest BCUT2D eigenvalue weighted by molar-refractivity contribution is -0.131. The first-order valence-electron chi connectivity index (χ1n) is 7.49. The Labute approximate surface area is 147 Å². The van der Waals surface area contributed by atoms with Crippen LogP contribution in [-0.2, 0) is 9.59 Å². The summed E-state index contributed by atoms with van der Waals surface area (Å²) in [6.07, 6.45) is 1.08. The number of amides is 4. The van der Waals surface area contributed by atoms with Crippen LogP contribution in [0.25, 0.3) is 0 Å². The minimum Gasteiger partial charge on any atom is -0.276 e. The van der Waals surface area contributed by atoms with Gasteiger partial charge in [0, 0.05) is 6.21 Å². The van der Waals surface area contributed by atoms with Gasteiger partial charge in [0.1, 0.15) is 5.82 Å². The summed E-state index contributed by atoms with van der Waals surface area (Å²) in [6, 6.07) is 12.3. The van der Waals surface area contributed by atoms with Crippen LogP contribution in [0.3, 0.4) is 0 Å². The third-order valence-electron chi connectivity index (χ3n) is 3.66. The highest BCUT2D eigenvalue weighted by Crippen LogP contribution is 2.23. The minimum atomic E-state index is -1.39. The van der Waals surface area contributed by atoms with Crippen molar-refractivity contribution >= 4 is 35.4 Å². The topological polar surface area (TPSA) is 103 Å².